The number of ether oxygens (including phenoxy) is 1. The fraction of sp³-hybridized carbons (Fsp3) is 0.333. The molecule has 0 aliphatic heterocycles. The Hall–Kier alpha value is -1.30. The maximum absolute atomic E-state index is 10.6. The van der Waals surface area contributed by atoms with E-state index in [9.17, 15) is 9.59 Å². The summed E-state index contributed by atoms with van der Waals surface area (Å²) in [4.78, 5) is 21.0. The molecule has 12 heavy (non-hydrogen) atoms. The third kappa shape index (κ3) is 3.20. The Morgan fingerprint density at radius 3 is 2.58 bits per heavy atom. The second kappa shape index (κ2) is 5.37. The number of esters is 1. The molecule has 1 unspecified atom stereocenters. The van der Waals surface area contributed by atoms with E-state index in [0.717, 1.165) is 0 Å². The summed E-state index contributed by atoms with van der Waals surface area (Å²) in [6.07, 6.45) is -0.701. The van der Waals surface area contributed by atoms with Gasteiger partial charge in [0.25, 0.3) is 0 Å². The molecular formula is C6H7BO5. The van der Waals surface area contributed by atoms with Gasteiger partial charge in [-0.1, -0.05) is 12.7 Å². The molecule has 64 valence electrons. The fourth-order valence-corrected chi connectivity index (χ4v) is 0.381. The molecule has 1 atom stereocenters. The lowest BCUT2D eigenvalue weighted by Crippen LogP contribution is -2.32. The van der Waals surface area contributed by atoms with Gasteiger partial charge in [0.2, 0.25) is 6.10 Å². The van der Waals surface area contributed by atoms with E-state index >= 15 is 0 Å². The van der Waals surface area contributed by atoms with E-state index in [2.05, 4.69) is 24.0 Å². The maximum Gasteiger partial charge on any atom is 0.378 e. The van der Waals surface area contributed by atoms with Crippen molar-refractivity contribution >= 4 is 20.0 Å². The summed E-state index contributed by atoms with van der Waals surface area (Å²) in [6.45, 7) is 3.17. The number of aliphatic hydroxyl groups is 1. The monoisotopic (exact) mass is 170 g/mol. The van der Waals surface area contributed by atoms with Gasteiger partial charge in [-0.2, -0.15) is 0 Å². The van der Waals surface area contributed by atoms with Crippen molar-refractivity contribution in [3.8, 4) is 0 Å². The molecule has 6 heteroatoms. The normalized spacial score (nSPS) is 11.4. The van der Waals surface area contributed by atoms with Gasteiger partial charge in [0.1, 0.15) is 6.61 Å². The van der Waals surface area contributed by atoms with Gasteiger partial charge in [-0.25, -0.2) is 4.79 Å². The van der Waals surface area contributed by atoms with Crippen LogP contribution in [-0.4, -0.2) is 37.8 Å². The van der Waals surface area contributed by atoms with E-state index in [0.29, 0.717) is 0 Å². The Morgan fingerprint density at radius 2 is 2.17 bits per heavy atom. The Labute approximate surface area is 70.4 Å². The van der Waals surface area contributed by atoms with Crippen LogP contribution >= 0.6 is 0 Å². The van der Waals surface area contributed by atoms with Gasteiger partial charge in [-0.3, -0.25) is 4.79 Å². The van der Waals surface area contributed by atoms with Crippen LogP contribution in [0.3, 0.4) is 0 Å². The fourth-order valence-electron chi connectivity index (χ4n) is 0.381. The molecule has 0 bridgehead atoms. The highest BCUT2D eigenvalue weighted by atomic mass is 16.6. The third-order valence-corrected chi connectivity index (χ3v) is 0.906. The molecule has 0 heterocycles. The van der Waals surface area contributed by atoms with Gasteiger partial charge >= 0.3 is 20.0 Å². The molecule has 1 N–H and O–H groups in total. The molecule has 0 spiro atoms. The zero-order chi connectivity index (χ0) is 9.56. The quantitative estimate of drug-likeness (QED) is 0.245. The first-order chi connectivity index (χ1) is 5.63. The van der Waals surface area contributed by atoms with E-state index < -0.39 is 18.0 Å². The summed E-state index contributed by atoms with van der Waals surface area (Å²) in [5.74, 6) is -2.38. The van der Waals surface area contributed by atoms with E-state index in [1.807, 2.05) is 0 Å². The maximum atomic E-state index is 10.6. The van der Waals surface area contributed by atoms with Crippen molar-refractivity contribution in [2.24, 2.45) is 0 Å². The van der Waals surface area contributed by atoms with Crippen LogP contribution in [0, 0.1) is 0 Å². The van der Waals surface area contributed by atoms with Crippen LogP contribution in [0.1, 0.15) is 0 Å². The molecule has 0 amide bonds. The van der Waals surface area contributed by atoms with Crippen LogP contribution < -0.4 is 0 Å². The zero-order valence-electron chi connectivity index (χ0n) is 6.23. The van der Waals surface area contributed by atoms with Crippen LogP contribution in [0.5, 0.6) is 0 Å². The zero-order valence-corrected chi connectivity index (χ0v) is 6.23. The van der Waals surface area contributed by atoms with Crippen LogP contribution in [0.2, 0.25) is 0 Å². The number of carbonyl (C=O) groups is 2. The first-order valence-corrected chi connectivity index (χ1v) is 2.99. The summed E-state index contributed by atoms with van der Waals surface area (Å²) in [6, 6.07) is 0. The van der Waals surface area contributed by atoms with Crippen molar-refractivity contribution in [3.63, 3.8) is 0 Å². The van der Waals surface area contributed by atoms with Crippen LogP contribution in [-0.2, 0) is 19.0 Å². The molecule has 5 nitrogen and oxygen atoms in total. The summed E-state index contributed by atoms with van der Waals surface area (Å²) in [7, 11) is 4.40. The van der Waals surface area contributed by atoms with Crippen molar-refractivity contribution < 1.29 is 24.1 Å². The minimum absolute atomic E-state index is 0.0895. The first-order valence-electron chi connectivity index (χ1n) is 2.99. The minimum Gasteiger partial charge on any atom is -0.541 e. The lowest BCUT2D eigenvalue weighted by molar-refractivity contribution is -0.162. The average Bonchev–Trinajstić information content (AvgIpc) is 2.11. The van der Waals surface area contributed by atoms with E-state index in [1.165, 1.54) is 6.08 Å². The average molecular weight is 170 g/mol. The van der Waals surface area contributed by atoms with Gasteiger partial charge in [0, 0.05) is 0 Å². The topological polar surface area (TPSA) is 72.8 Å². The van der Waals surface area contributed by atoms with Gasteiger partial charge in [0.05, 0.1) is 0 Å². The Morgan fingerprint density at radius 1 is 1.58 bits per heavy atom. The molecule has 0 aliphatic rings. The number of hydrogen-bond donors (Lipinski definition) is 1. The highest BCUT2D eigenvalue weighted by Gasteiger charge is 2.25. The van der Waals surface area contributed by atoms with E-state index in [4.69, 9.17) is 5.11 Å². The first kappa shape index (κ1) is 10.7. The molecule has 2 radical (unpaired) electrons. The van der Waals surface area contributed by atoms with Gasteiger partial charge in [-0.05, 0) is 0 Å². The molecular weight excluding hydrogens is 163 g/mol. The number of hydrogen-bond acceptors (Lipinski definition) is 5. The molecule has 0 aliphatic carbocycles. The highest BCUT2D eigenvalue weighted by Crippen LogP contribution is 1.91. The van der Waals surface area contributed by atoms with Crippen molar-refractivity contribution in [2.75, 3.05) is 6.61 Å². The molecule has 0 aromatic heterocycles. The predicted octanol–water partition coefficient (Wildman–Crippen LogP) is -1.30. The molecule has 0 rings (SSSR count). The number of rotatable bonds is 4. The second-order valence-corrected chi connectivity index (χ2v) is 1.76. The Kier molecular flexibility index (Phi) is 4.79. The van der Waals surface area contributed by atoms with Crippen LogP contribution in [0.25, 0.3) is 0 Å². The summed E-state index contributed by atoms with van der Waals surface area (Å²) in [5, 5.41) is 8.75. The minimum atomic E-state index is -1.99. The largest absolute Gasteiger partial charge is 0.541 e. The van der Waals surface area contributed by atoms with Crippen molar-refractivity contribution in [2.45, 2.75) is 6.10 Å². The number of carbonyl (C=O) groups excluding carboxylic acids is 2. The number of aliphatic hydroxyl groups excluding tert-OH is 1. The van der Waals surface area contributed by atoms with E-state index in [1.54, 1.807) is 0 Å². The Balaban J connectivity index is 3.92. The smallest absolute Gasteiger partial charge is 0.378 e. The van der Waals surface area contributed by atoms with Gasteiger partial charge in [-0.15, -0.1) is 0 Å². The van der Waals surface area contributed by atoms with Crippen molar-refractivity contribution in [1.82, 2.24) is 0 Å². The van der Waals surface area contributed by atoms with Crippen LogP contribution in [0.4, 0.5) is 0 Å². The molecule has 0 saturated carbocycles. The summed E-state index contributed by atoms with van der Waals surface area (Å²) in [5.41, 5.74) is 0. The summed E-state index contributed by atoms with van der Waals surface area (Å²) < 4.78 is 7.91. The van der Waals surface area contributed by atoms with Gasteiger partial charge in [0.15, 0.2) is 0 Å². The highest BCUT2D eigenvalue weighted by molar-refractivity contribution is 6.10. The van der Waals surface area contributed by atoms with Crippen molar-refractivity contribution in [1.29, 1.82) is 0 Å². The molecule has 0 fully saturated rings. The standard InChI is InChI=1S/C6H7BO5/c1-2-3-11-5(9)4(8)6(10)12-7/h2,4,8H,1,3H2. The Bertz CT molecular complexity index is 190. The SMILES string of the molecule is [B]OC(=O)C(O)C(=O)OCC=C. The predicted molar refractivity (Wildman–Crippen MR) is 39.0 cm³/mol. The second-order valence-electron chi connectivity index (χ2n) is 1.76. The lowest BCUT2D eigenvalue weighted by Gasteiger charge is -2.06. The van der Waals surface area contributed by atoms with Gasteiger partial charge < -0.3 is 14.5 Å². The summed E-state index contributed by atoms with van der Waals surface area (Å²) >= 11 is 0. The molecule has 0 saturated heterocycles. The lowest BCUT2D eigenvalue weighted by atomic mass is 10.3. The van der Waals surface area contributed by atoms with Crippen LogP contribution in [0.15, 0.2) is 12.7 Å². The third-order valence-electron chi connectivity index (χ3n) is 0.906. The molecule has 0 aromatic carbocycles. The molecule has 0 aromatic rings. The van der Waals surface area contributed by atoms with Crippen molar-refractivity contribution in [3.05, 3.63) is 12.7 Å². The van der Waals surface area contributed by atoms with E-state index in [-0.39, 0.29) is 6.61 Å².